The van der Waals surface area contributed by atoms with E-state index in [4.69, 9.17) is 9.47 Å². The number of carbonyl (C=O) groups excluding carboxylic acids is 1. The van der Waals surface area contributed by atoms with Crippen LogP contribution in [0.2, 0.25) is 0 Å². The average molecular weight is 459 g/mol. The molecule has 8 heteroatoms. The second kappa shape index (κ2) is 9.60. The molecule has 2 aliphatic rings. The first-order valence-corrected chi connectivity index (χ1v) is 12.6. The first-order chi connectivity index (χ1) is 15.4. The van der Waals surface area contributed by atoms with E-state index in [2.05, 4.69) is 16.9 Å². The van der Waals surface area contributed by atoms with E-state index in [1.54, 1.807) is 4.90 Å². The summed E-state index contributed by atoms with van der Waals surface area (Å²) in [5.74, 6) is 0.0908. The number of morpholine rings is 1. The third-order valence-electron chi connectivity index (χ3n) is 6.21. The van der Waals surface area contributed by atoms with Crippen LogP contribution in [0.25, 0.3) is 0 Å². The lowest BCUT2D eigenvalue weighted by Crippen LogP contribution is -2.40. The number of methoxy groups -OCH3 is 1. The molecule has 1 fully saturated rings. The van der Waals surface area contributed by atoms with Crippen LogP contribution in [0, 0.1) is 0 Å². The van der Waals surface area contributed by atoms with Gasteiger partial charge in [-0.25, -0.2) is 13.1 Å². The van der Waals surface area contributed by atoms with E-state index >= 15 is 0 Å². The number of fused-ring (bicyclic) bond motifs is 1. The predicted octanol–water partition coefficient (Wildman–Crippen LogP) is 3.09. The number of rotatable bonds is 6. The molecule has 0 spiro atoms. The molecule has 1 heterocycles. The highest BCUT2D eigenvalue weighted by atomic mass is 32.2. The fourth-order valence-electron chi connectivity index (χ4n) is 4.35. The molecule has 4 rings (SSSR count). The van der Waals surface area contributed by atoms with Gasteiger partial charge in [-0.3, -0.25) is 4.79 Å². The Morgan fingerprint density at radius 1 is 1.06 bits per heavy atom. The Balaban J connectivity index is 1.57. The molecule has 7 nitrogen and oxygen atoms in total. The number of amides is 1. The lowest BCUT2D eigenvalue weighted by Gasteiger charge is -2.27. The average Bonchev–Trinajstić information content (AvgIpc) is 2.83. The molecular weight excluding hydrogens is 428 g/mol. The molecule has 0 bridgehead atoms. The van der Waals surface area contributed by atoms with Gasteiger partial charge in [0.1, 0.15) is 5.75 Å². The Hall–Kier alpha value is -2.42. The maximum absolute atomic E-state index is 13.2. The molecular formula is C24H30N2O5S. The molecule has 1 saturated heterocycles. The fourth-order valence-corrected chi connectivity index (χ4v) is 5.61. The summed E-state index contributed by atoms with van der Waals surface area (Å²) in [6, 6.07) is 10.2. The van der Waals surface area contributed by atoms with Gasteiger partial charge in [-0.15, -0.1) is 0 Å². The number of hydrogen-bond donors (Lipinski definition) is 1. The molecule has 32 heavy (non-hydrogen) atoms. The topological polar surface area (TPSA) is 84.9 Å². The minimum absolute atomic E-state index is 0.0414. The molecule has 0 radical (unpaired) electrons. The summed E-state index contributed by atoms with van der Waals surface area (Å²) in [4.78, 5) is 14.7. The maximum Gasteiger partial charge on any atom is 0.257 e. The van der Waals surface area contributed by atoms with E-state index < -0.39 is 16.1 Å². The molecule has 1 amide bonds. The quantitative estimate of drug-likeness (QED) is 0.719. The summed E-state index contributed by atoms with van der Waals surface area (Å²) in [6.45, 7) is 3.70. The zero-order valence-electron chi connectivity index (χ0n) is 18.6. The van der Waals surface area contributed by atoms with Crippen molar-refractivity contribution in [1.29, 1.82) is 0 Å². The summed E-state index contributed by atoms with van der Waals surface area (Å²) in [7, 11) is -2.37. The molecule has 2 aromatic rings. The highest BCUT2D eigenvalue weighted by Crippen LogP contribution is 2.28. The van der Waals surface area contributed by atoms with Crippen LogP contribution >= 0.6 is 0 Å². The van der Waals surface area contributed by atoms with E-state index in [1.165, 1.54) is 49.3 Å². The third kappa shape index (κ3) is 4.82. The van der Waals surface area contributed by atoms with Gasteiger partial charge in [0, 0.05) is 19.1 Å². The second-order valence-electron chi connectivity index (χ2n) is 8.34. The van der Waals surface area contributed by atoms with Crippen molar-refractivity contribution in [2.75, 3.05) is 33.4 Å². The van der Waals surface area contributed by atoms with Gasteiger partial charge in [0.05, 0.1) is 30.8 Å². The van der Waals surface area contributed by atoms with Crippen LogP contribution in [0.1, 0.15) is 52.9 Å². The van der Waals surface area contributed by atoms with Gasteiger partial charge in [-0.2, -0.15) is 0 Å². The smallest absolute Gasteiger partial charge is 0.257 e. The number of ether oxygens (including phenoxy) is 2. The van der Waals surface area contributed by atoms with Gasteiger partial charge in [0.2, 0.25) is 10.0 Å². The largest absolute Gasteiger partial charge is 0.496 e. The zero-order valence-corrected chi connectivity index (χ0v) is 19.4. The van der Waals surface area contributed by atoms with Crippen molar-refractivity contribution in [2.45, 2.75) is 43.5 Å². The van der Waals surface area contributed by atoms with Crippen molar-refractivity contribution in [1.82, 2.24) is 9.62 Å². The van der Waals surface area contributed by atoms with E-state index in [0.717, 1.165) is 18.4 Å². The molecule has 0 unspecified atom stereocenters. The van der Waals surface area contributed by atoms with Crippen LogP contribution in [-0.2, 0) is 27.6 Å². The number of nitrogens with one attached hydrogen (secondary N) is 1. The van der Waals surface area contributed by atoms with Crippen molar-refractivity contribution >= 4 is 15.9 Å². The first-order valence-electron chi connectivity index (χ1n) is 11.1. The van der Waals surface area contributed by atoms with Crippen LogP contribution in [-0.4, -0.2) is 52.6 Å². The molecule has 1 N–H and O–H groups in total. The lowest BCUT2D eigenvalue weighted by atomic mass is 9.89. The Morgan fingerprint density at radius 2 is 1.78 bits per heavy atom. The summed E-state index contributed by atoms with van der Waals surface area (Å²) < 4.78 is 39.7. The Kier molecular flexibility index (Phi) is 6.83. The van der Waals surface area contributed by atoms with Crippen molar-refractivity contribution in [3.05, 3.63) is 58.7 Å². The SMILES string of the molecule is COc1ccc(S(=O)(=O)N[C@@H](C)c2ccc3c(c2)CCCC3)cc1C(=O)N1CCOCC1. The van der Waals surface area contributed by atoms with Crippen LogP contribution in [0.15, 0.2) is 41.3 Å². The molecule has 0 aromatic heterocycles. The summed E-state index contributed by atoms with van der Waals surface area (Å²) in [6.07, 6.45) is 4.50. The van der Waals surface area contributed by atoms with Crippen LogP contribution in [0.3, 0.4) is 0 Å². The van der Waals surface area contributed by atoms with Crippen molar-refractivity contribution < 1.29 is 22.7 Å². The zero-order chi connectivity index (χ0) is 22.7. The fraction of sp³-hybridized carbons (Fsp3) is 0.458. The number of sulfonamides is 1. The Morgan fingerprint density at radius 3 is 2.50 bits per heavy atom. The predicted molar refractivity (Wildman–Crippen MR) is 122 cm³/mol. The highest BCUT2D eigenvalue weighted by molar-refractivity contribution is 7.89. The van der Waals surface area contributed by atoms with Gasteiger partial charge in [0.25, 0.3) is 5.91 Å². The standard InChI is InChI=1S/C24H30N2O5S/c1-17(19-8-7-18-5-3-4-6-20(18)15-19)25-32(28,29)21-9-10-23(30-2)22(16-21)24(27)26-11-13-31-14-12-26/h7-10,15-17,25H,3-6,11-14H2,1-2H3/t17-/m0/s1. The first kappa shape index (κ1) is 22.8. The second-order valence-corrected chi connectivity index (χ2v) is 10.1. The van der Waals surface area contributed by atoms with Gasteiger partial charge in [-0.05, 0) is 67.5 Å². The van der Waals surface area contributed by atoms with Gasteiger partial charge < -0.3 is 14.4 Å². The molecule has 1 atom stereocenters. The van der Waals surface area contributed by atoms with Crippen molar-refractivity contribution in [2.24, 2.45) is 0 Å². The van der Waals surface area contributed by atoms with E-state index in [9.17, 15) is 13.2 Å². The normalized spacial score (nSPS) is 17.5. The van der Waals surface area contributed by atoms with Crippen LogP contribution in [0.4, 0.5) is 0 Å². The van der Waals surface area contributed by atoms with Gasteiger partial charge in [0.15, 0.2) is 0 Å². The van der Waals surface area contributed by atoms with Crippen LogP contribution in [0.5, 0.6) is 5.75 Å². The highest BCUT2D eigenvalue weighted by Gasteiger charge is 2.26. The minimum Gasteiger partial charge on any atom is -0.496 e. The summed E-state index contributed by atoms with van der Waals surface area (Å²) >= 11 is 0. The lowest BCUT2D eigenvalue weighted by molar-refractivity contribution is 0.0300. The number of hydrogen-bond acceptors (Lipinski definition) is 5. The Labute approximate surface area is 189 Å². The van der Waals surface area contributed by atoms with E-state index in [0.29, 0.717) is 32.1 Å². The van der Waals surface area contributed by atoms with Crippen LogP contribution < -0.4 is 9.46 Å². The molecule has 0 saturated carbocycles. The number of aryl methyl sites for hydroxylation is 2. The minimum atomic E-state index is -3.84. The van der Waals surface area contributed by atoms with Gasteiger partial charge >= 0.3 is 0 Å². The summed E-state index contributed by atoms with van der Waals surface area (Å²) in [5.41, 5.74) is 3.84. The summed E-state index contributed by atoms with van der Waals surface area (Å²) in [5, 5.41) is 0. The molecule has 172 valence electrons. The van der Waals surface area contributed by atoms with E-state index in [-0.39, 0.29) is 16.4 Å². The van der Waals surface area contributed by atoms with Crippen molar-refractivity contribution in [3.8, 4) is 5.75 Å². The Bertz CT molecular complexity index is 1090. The third-order valence-corrected chi connectivity index (χ3v) is 7.75. The monoisotopic (exact) mass is 458 g/mol. The number of carbonyl (C=O) groups is 1. The van der Waals surface area contributed by atoms with E-state index in [1.807, 2.05) is 13.0 Å². The molecule has 1 aliphatic heterocycles. The molecule has 2 aromatic carbocycles. The molecule has 1 aliphatic carbocycles. The number of nitrogens with zero attached hydrogens (tertiary/aromatic N) is 1. The number of benzene rings is 2. The van der Waals surface area contributed by atoms with Gasteiger partial charge in [-0.1, -0.05) is 18.2 Å². The van der Waals surface area contributed by atoms with Crippen molar-refractivity contribution in [3.63, 3.8) is 0 Å². The maximum atomic E-state index is 13.2.